The highest BCUT2D eigenvalue weighted by Gasteiger charge is 2.56. The van der Waals surface area contributed by atoms with Crippen LogP contribution in [0.3, 0.4) is 0 Å². The monoisotopic (exact) mass is 442 g/mol. The number of hydrazine groups is 1. The number of amides is 2. The maximum atomic E-state index is 13.4. The smallest absolute Gasteiger partial charge is 0.334 e. The number of carbonyl (C=O) groups excluding carboxylic acids is 4. The second-order valence-electron chi connectivity index (χ2n) is 10.7. The molecule has 9 nitrogen and oxygen atoms in total. The maximum absolute atomic E-state index is 13.4. The molecule has 0 radical (unpaired) electrons. The number of carbonyl (C=O) groups is 4. The van der Waals surface area contributed by atoms with Crippen molar-refractivity contribution in [3.8, 4) is 0 Å². The van der Waals surface area contributed by atoms with E-state index in [-0.39, 0.29) is 12.3 Å². The Labute approximate surface area is 185 Å². The van der Waals surface area contributed by atoms with Crippen molar-refractivity contribution in [3.63, 3.8) is 0 Å². The third-order valence-electron chi connectivity index (χ3n) is 4.72. The highest BCUT2D eigenvalue weighted by atomic mass is 16.6. The second kappa shape index (κ2) is 9.14. The van der Waals surface area contributed by atoms with Gasteiger partial charge in [-0.15, -0.1) is 0 Å². The van der Waals surface area contributed by atoms with Crippen molar-refractivity contribution in [1.82, 2.24) is 10.0 Å². The summed E-state index contributed by atoms with van der Waals surface area (Å²) in [4.78, 5) is 52.1. The van der Waals surface area contributed by atoms with Crippen LogP contribution in [0, 0.1) is 11.8 Å². The minimum Gasteiger partial charge on any atom is -0.460 e. The molecule has 0 aliphatic carbocycles. The van der Waals surface area contributed by atoms with Crippen molar-refractivity contribution in [2.45, 2.75) is 98.0 Å². The fourth-order valence-electron chi connectivity index (χ4n) is 3.49. The van der Waals surface area contributed by atoms with Gasteiger partial charge in [0.05, 0.1) is 12.3 Å². The van der Waals surface area contributed by atoms with Gasteiger partial charge >= 0.3 is 11.9 Å². The van der Waals surface area contributed by atoms with Crippen LogP contribution in [0.5, 0.6) is 0 Å². The Hall–Kier alpha value is -2.16. The molecule has 1 heterocycles. The van der Waals surface area contributed by atoms with Gasteiger partial charge in [0.25, 0.3) is 5.91 Å². The van der Waals surface area contributed by atoms with E-state index in [1.807, 2.05) is 13.8 Å². The van der Waals surface area contributed by atoms with E-state index in [9.17, 15) is 24.3 Å². The highest BCUT2D eigenvalue weighted by molar-refractivity contribution is 5.99. The van der Waals surface area contributed by atoms with Crippen LogP contribution >= 0.6 is 0 Å². The van der Waals surface area contributed by atoms with E-state index in [1.54, 1.807) is 41.5 Å². The summed E-state index contributed by atoms with van der Waals surface area (Å²) in [6.45, 7) is 15.1. The van der Waals surface area contributed by atoms with Crippen LogP contribution < -0.4 is 0 Å². The lowest BCUT2D eigenvalue weighted by atomic mass is 9.86. The molecule has 1 saturated heterocycles. The van der Waals surface area contributed by atoms with E-state index in [0.717, 1.165) is 10.0 Å². The van der Waals surface area contributed by atoms with Gasteiger partial charge in [0.1, 0.15) is 17.3 Å². The van der Waals surface area contributed by atoms with Crippen molar-refractivity contribution in [1.29, 1.82) is 0 Å². The Morgan fingerprint density at radius 3 is 1.87 bits per heavy atom. The maximum Gasteiger partial charge on any atom is 0.334 e. The summed E-state index contributed by atoms with van der Waals surface area (Å²) in [5, 5.41) is 12.3. The van der Waals surface area contributed by atoms with Crippen LogP contribution in [-0.4, -0.2) is 68.8 Å². The molecule has 0 aromatic carbocycles. The van der Waals surface area contributed by atoms with E-state index in [0.29, 0.717) is 0 Å². The average Bonchev–Trinajstić information content (AvgIpc) is 2.53. The summed E-state index contributed by atoms with van der Waals surface area (Å²) in [6.07, 6.45) is -1.81. The van der Waals surface area contributed by atoms with Gasteiger partial charge in [0, 0.05) is 7.05 Å². The van der Waals surface area contributed by atoms with Crippen LogP contribution in [0.2, 0.25) is 0 Å². The SMILES string of the molecule is CC(C)CC1C(=O)N([C@](C)(CC(=O)OC(C)(C)C)C(=O)OC(C)(C)C)N(C)C(=O)C1O. The first-order valence-corrected chi connectivity index (χ1v) is 10.5. The largest absolute Gasteiger partial charge is 0.460 e. The fraction of sp³-hybridized carbons (Fsp3) is 0.818. The Bertz CT molecular complexity index is 720. The third kappa shape index (κ3) is 6.66. The zero-order valence-electron chi connectivity index (χ0n) is 20.4. The average molecular weight is 443 g/mol. The molecule has 0 saturated carbocycles. The number of ether oxygens (including phenoxy) is 2. The zero-order chi connectivity index (χ0) is 24.5. The first kappa shape index (κ1) is 26.9. The lowest BCUT2D eigenvalue weighted by Crippen LogP contribution is -2.71. The summed E-state index contributed by atoms with van der Waals surface area (Å²) >= 11 is 0. The molecule has 0 aromatic heterocycles. The Kier molecular flexibility index (Phi) is 7.92. The Balaban J connectivity index is 3.49. The zero-order valence-corrected chi connectivity index (χ0v) is 20.4. The molecule has 0 bridgehead atoms. The van der Waals surface area contributed by atoms with Crippen LogP contribution in [-0.2, 0) is 28.7 Å². The molecule has 1 N–H and O–H groups in total. The van der Waals surface area contributed by atoms with E-state index in [4.69, 9.17) is 9.47 Å². The van der Waals surface area contributed by atoms with Gasteiger partial charge in [-0.05, 0) is 60.8 Å². The van der Waals surface area contributed by atoms with Crippen molar-refractivity contribution in [3.05, 3.63) is 0 Å². The number of rotatable bonds is 6. The quantitative estimate of drug-likeness (QED) is 0.626. The minimum atomic E-state index is -1.85. The number of likely N-dealkylation sites (N-methyl/N-ethyl adjacent to an activating group) is 1. The van der Waals surface area contributed by atoms with E-state index >= 15 is 0 Å². The number of aliphatic hydroxyl groups excluding tert-OH is 1. The van der Waals surface area contributed by atoms with Crippen molar-refractivity contribution >= 4 is 23.8 Å². The molecular formula is C22H38N2O7. The Morgan fingerprint density at radius 1 is 0.968 bits per heavy atom. The molecule has 1 aliphatic rings. The molecule has 178 valence electrons. The number of esters is 2. The second-order valence-corrected chi connectivity index (χ2v) is 10.7. The summed E-state index contributed by atoms with van der Waals surface area (Å²) < 4.78 is 10.9. The van der Waals surface area contributed by atoms with Gasteiger partial charge in [-0.2, -0.15) is 0 Å². The molecule has 2 unspecified atom stereocenters. The number of hydrogen-bond donors (Lipinski definition) is 1. The van der Waals surface area contributed by atoms with Crippen molar-refractivity contribution < 1.29 is 33.8 Å². The first-order valence-electron chi connectivity index (χ1n) is 10.5. The number of aliphatic hydroxyl groups is 1. The third-order valence-corrected chi connectivity index (χ3v) is 4.72. The number of hydrogen-bond acceptors (Lipinski definition) is 7. The molecule has 9 heteroatoms. The van der Waals surface area contributed by atoms with E-state index < -0.39 is 58.9 Å². The van der Waals surface area contributed by atoms with Crippen LogP contribution in [0.15, 0.2) is 0 Å². The summed E-state index contributed by atoms with van der Waals surface area (Å²) in [6, 6.07) is 0. The van der Waals surface area contributed by atoms with Crippen molar-refractivity contribution in [2.75, 3.05) is 7.05 Å². The van der Waals surface area contributed by atoms with Gasteiger partial charge in [-0.3, -0.25) is 19.4 Å². The molecular weight excluding hydrogens is 404 g/mol. The molecule has 0 spiro atoms. The predicted octanol–water partition coefficient (Wildman–Crippen LogP) is 2.06. The van der Waals surface area contributed by atoms with Crippen LogP contribution in [0.25, 0.3) is 0 Å². The first-order chi connectivity index (χ1) is 13.8. The molecule has 31 heavy (non-hydrogen) atoms. The Morgan fingerprint density at radius 2 is 1.45 bits per heavy atom. The summed E-state index contributed by atoms with van der Waals surface area (Å²) in [5.41, 5.74) is -3.56. The van der Waals surface area contributed by atoms with Gasteiger partial charge < -0.3 is 14.6 Å². The highest BCUT2D eigenvalue weighted by Crippen LogP contribution is 2.34. The van der Waals surface area contributed by atoms with Gasteiger partial charge in [-0.1, -0.05) is 13.8 Å². The molecule has 3 atom stereocenters. The van der Waals surface area contributed by atoms with Gasteiger partial charge in [0.15, 0.2) is 5.54 Å². The molecule has 1 aliphatic heterocycles. The molecule has 1 fully saturated rings. The van der Waals surface area contributed by atoms with Gasteiger partial charge in [0.2, 0.25) is 5.91 Å². The van der Waals surface area contributed by atoms with Crippen LogP contribution in [0.4, 0.5) is 0 Å². The van der Waals surface area contributed by atoms with Crippen molar-refractivity contribution in [2.24, 2.45) is 11.8 Å². The van der Waals surface area contributed by atoms with Gasteiger partial charge in [-0.25, -0.2) is 9.80 Å². The minimum absolute atomic E-state index is 0.0142. The summed E-state index contributed by atoms with van der Waals surface area (Å²) in [5.74, 6) is -3.95. The van der Waals surface area contributed by atoms with Crippen LogP contribution in [0.1, 0.15) is 75.2 Å². The predicted molar refractivity (Wildman–Crippen MR) is 113 cm³/mol. The van der Waals surface area contributed by atoms with E-state index in [2.05, 4.69) is 0 Å². The fourth-order valence-corrected chi connectivity index (χ4v) is 3.49. The molecule has 2 amide bonds. The number of nitrogens with zero attached hydrogens (tertiary/aromatic N) is 2. The topological polar surface area (TPSA) is 113 Å². The normalized spacial score (nSPS) is 22.5. The van der Waals surface area contributed by atoms with E-state index in [1.165, 1.54) is 14.0 Å². The molecule has 0 aromatic rings. The summed E-state index contributed by atoms with van der Waals surface area (Å²) in [7, 11) is 1.28. The lowest BCUT2D eigenvalue weighted by Gasteiger charge is -2.49. The molecule has 1 rings (SSSR count). The standard InChI is InChI=1S/C22H38N2O7/c1-13(2)11-14-16(26)18(28)23(10)24(17(14)27)22(9,19(29)31-21(6,7)8)12-15(25)30-20(3,4)5/h13-14,16,26H,11-12H2,1-10H3/t14?,16?,22-/m1/s1. The lowest BCUT2D eigenvalue weighted by molar-refractivity contribution is -0.211.